The highest BCUT2D eigenvalue weighted by molar-refractivity contribution is 6.32. The van der Waals surface area contributed by atoms with Crippen molar-refractivity contribution in [3.05, 3.63) is 47.3 Å². The molecule has 1 atom stereocenters. The average molecular weight is 280 g/mol. The molecular formula is C14H15ClFN3. The summed E-state index contributed by atoms with van der Waals surface area (Å²) >= 11 is 6.12. The van der Waals surface area contributed by atoms with Crippen LogP contribution in [0.1, 0.15) is 31.0 Å². The predicted octanol–water partition coefficient (Wildman–Crippen LogP) is 3.48. The van der Waals surface area contributed by atoms with Gasteiger partial charge in [0.05, 0.1) is 28.9 Å². The van der Waals surface area contributed by atoms with E-state index in [1.54, 1.807) is 12.4 Å². The first-order valence-electron chi connectivity index (χ1n) is 6.47. The Balaban J connectivity index is 1.99. The zero-order valence-corrected chi connectivity index (χ0v) is 11.2. The summed E-state index contributed by atoms with van der Waals surface area (Å²) in [5.41, 5.74) is 1.84. The molecule has 1 saturated heterocycles. The fourth-order valence-corrected chi connectivity index (χ4v) is 2.80. The largest absolute Gasteiger partial charge is 0.309 e. The fourth-order valence-electron chi connectivity index (χ4n) is 2.55. The van der Waals surface area contributed by atoms with Crippen LogP contribution in [0.2, 0.25) is 5.02 Å². The molecule has 1 aromatic carbocycles. The van der Waals surface area contributed by atoms with Gasteiger partial charge >= 0.3 is 0 Å². The van der Waals surface area contributed by atoms with Crippen LogP contribution in [-0.2, 0) is 0 Å². The second kappa shape index (κ2) is 5.31. The molecule has 0 bridgehead atoms. The Morgan fingerprint density at radius 2 is 2.26 bits per heavy atom. The molecule has 19 heavy (non-hydrogen) atoms. The van der Waals surface area contributed by atoms with E-state index in [2.05, 4.69) is 10.3 Å². The van der Waals surface area contributed by atoms with Crippen molar-refractivity contribution >= 4 is 11.6 Å². The van der Waals surface area contributed by atoms with Crippen molar-refractivity contribution in [3.8, 4) is 5.69 Å². The summed E-state index contributed by atoms with van der Waals surface area (Å²) < 4.78 is 15.1. The van der Waals surface area contributed by atoms with Crippen molar-refractivity contribution in [2.45, 2.75) is 25.3 Å². The molecule has 1 aliphatic rings. The standard InChI is InChI=1S/C14H15ClFN3/c15-11-7-10(16)4-5-13(11)19-9-17-8-14(19)12-3-1-2-6-18-12/h4-5,7-9,12,18H,1-3,6H2. The topological polar surface area (TPSA) is 29.9 Å². The molecule has 1 aromatic heterocycles. The quantitative estimate of drug-likeness (QED) is 0.912. The summed E-state index contributed by atoms with van der Waals surface area (Å²) in [7, 11) is 0. The maximum absolute atomic E-state index is 13.1. The predicted molar refractivity (Wildman–Crippen MR) is 73.1 cm³/mol. The molecule has 1 N–H and O–H groups in total. The van der Waals surface area contributed by atoms with Crippen molar-refractivity contribution in [2.75, 3.05) is 6.54 Å². The summed E-state index contributed by atoms with van der Waals surface area (Å²) in [5, 5.41) is 3.88. The highest BCUT2D eigenvalue weighted by atomic mass is 35.5. The van der Waals surface area contributed by atoms with E-state index in [-0.39, 0.29) is 11.9 Å². The number of piperidine rings is 1. The summed E-state index contributed by atoms with van der Waals surface area (Å²) in [6.45, 7) is 1.02. The van der Waals surface area contributed by atoms with E-state index >= 15 is 0 Å². The maximum Gasteiger partial charge on any atom is 0.124 e. The first-order valence-corrected chi connectivity index (χ1v) is 6.84. The minimum Gasteiger partial charge on any atom is -0.309 e. The van der Waals surface area contributed by atoms with Gasteiger partial charge in [-0.2, -0.15) is 0 Å². The van der Waals surface area contributed by atoms with Gasteiger partial charge < -0.3 is 9.88 Å². The van der Waals surface area contributed by atoms with Gasteiger partial charge in [-0.1, -0.05) is 18.0 Å². The summed E-state index contributed by atoms with van der Waals surface area (Å²) in [6.07, 6.45) is 7.08. The Hall–Kier alpha value is -1.39. The maximum atomic E-state index is 13.1. The summed E-state index contributed by atoms with van der Waals surface area (Å²) in [6, 6.07) is 4.72. The van der Waals surface area contributed by atoms with Crippen molar-refractivity contribution in [3.63, 3.8) is 0 Å². The van der Waals surface area contributed by atoms with Crippen molar-refractivity contribution in [1.82, 2.24) is 14.9 Å². The average Bonchev–Trinajstić information content (AvgIpc) is 2.89. The van der Waals surface area contributed by atoms with Crippen LogP contribution in [0.25, 0.3) is 5.69 Å². The fraction of sp³-hybridized carbons (Fsp3) is 0.357. The number of hydrogen-bond acceptors (Lipinski definition) is 2. The molecule has 100 valence electrons. The van der Waals surface area contributed by atoms with Crippen LogP contribution in [0.3, 0.4) is 0 Å². The highest BCUT2D eigenvalue weighted by Crippen LogP contribution is 2.28. The van der Waals surface area contributed by atoms with Gasteiger partial charge in [0.1, 0.15) is 5.82 Å². The first kappa shape index (κ1) is 12.6. The van der Waals surface area contributed by atoms with Crippen molar-refractivity contribution in [2.24, 2.45) is 0 Å². The molecule has 1 aliphatic heterocycles. The molecule has 2 aromatic rings. The van der Waals surface area contributed by atoms with Gasteiger partial charge in [-0.05, 0) is 37.6 Å². The molecule has 0 radical (unpaired) electrons. The van der Waals surface area contributed by atoms with E-state index in [0.29, 0.717) is 5.02 Å². The number of nitrogens with zero attached hydrogens (tertiary/aromatic N) is 2. The molecule has 1 fully saturated rings. The van der Waals surface area contributed by atoms with Crippen LogP contribution in [0, 0.1) is 5.82 Å². The van der Waals surface area contributed by atoms with Crippen molar-refractivity contribution in [1.29, 1.82) is 0 Å². The van der Waals surface area contributed by atoms with Gasteiger partial charge in [0.2, 0.25) is 0 Å². The number of hydrogen-bond donors (Lipinski definition) is 1. The normalized spacial score (nSPS) is 19.6. The molecule has 1 unspecified atom stereocenters. The van der Waals surface area contributed by atoms with Crippen LogP contribution in [0.5, 0.6) is 0 Å². The van der Waals surface area contributed by atoms with Crippen LogP contribution >= 0.6 is 11.6 Å². The van der Waals surface area contributed by atoms with E-state index in [9.17, 15) is 4.39 Å². The molecule has 0 saturated carbocycles. The van der Waals surface area contributed by atoms with Gasteiger partial charge in [0.25, 0.3) is 0 Å². The highest BCUT2D eigenvalue weighted by Gasteiger charge is 2.19. The Bertz CT molecular complexity index is 576. The minimum atomic E-state index is -0.328. The van der Waals surface area contributed by atoms with Crippen LogP contribution in [0.4, 0.5) is 4.39 Å². The second-order valence-corrected chi connectivity index (χ2v) is 5.19. The molecule has 3 nitrogen and oxygen atoms in total. The number of rotatable bonds is 2. The third-order valence-electron chi connectivity index (χ3n) is 3.50. The van der Waals surface area contributed by atoms with Crippen molar-refractivity contribution < 1.29 is 4.39 Å². The van der Waals surface area contributed by atoms with E-state index < -0.39 is 0 Å². The Morgan fingerprint density at radius 1 is 1.37 bits per heavy atom. The van der Waals surface area contributed by atoms with Gasteiger partial charge in [0.15, 0.2) is 0 Å². The third kappa shape index (κ3) is 2.51. The zero-order valence-electron chi connectivity index (χ0n) is 10.4. The lowest BCUT2D eigenvalue weighted by atomic mass is 10.0. The van der Waals surface area contributed by atoms with Gasteiger partial charge in [-0.25, -0.2) is 9.37 Å². The molecule has 5 heteroatoms. The Kier molecular flexibility index (Phi) is 3.53. The molecule has 0 amide bonds. The minimum absolute atomic E-state index is 0.289. The van der Waals surface area contributed by atoms with Crippen LogP contribution < -0.4 is 5.32 Å². The smallest absolute Gasteiger partial charge is 0.124 e. The number of nitrogens with one attached hydrogen (secondary N) is 1. The number of imidazole rings is 1. The number of benzene rings is 1. The molecule has 0 spiro atoms. The third-order valence-corrected chi connectivity index (χ3v) is 3.81. The van der Waals surface area contributed by atoms with Crippen LogP contribution in [0.15, 0.2) is 30.7 Å². The van der Waals surface area contributed by atoms with Gasteiger partial charge in [-0.15, -0.1) is 0 Å². The molecule has 0 aliphatic carbocycles. The lowest BCUT2D eigenvalue weighted by Gasteiger charge is -2.24. The monoisotopic (exact) mass is 279 g/mol. The SMILES string of the molecule is Fc1ccc(-n2cncc2C2CCCCN2)c(Cl)c1. The second-order valence-electron chi connectivity index (χ2n) is 4.79. The lowest BCUT2D eigenvalue weighted by molar-refractivity contribution is 0.402. The van der Waals surface area contributed by atoms with E-state index in [4.69, 9.17) is 11.6 Å². The van der Waals surface area contributed by atoms with Gasteiger partial charge in [-0.3, -0.25) is 0 Å². The number of halogens is 2. The summed E-state index contributed by atoms with van der Waals surface area (Å²) in [4.78, 5) is 4.21. The molecule has 3 rings (SSSR count). The van der Waals surface area contributed by atoms with E-state index in [1.807, 2.05) is 10.8 Å². The molecule has 2 heterocycles. The van der Waals surface area contributed by atoms with Gasteiger partial charge in [0, 0.05) is 6.04 Å². The number of aromatic nitrogens is 2. The zero-order chi connectivity index (χ0) is 13.2. The van der Waals surface area contributed by atoms with E-state index in [0.717, 1.165) is 24.3 Å². The Morgan fingerprint density at radius 3 is 3.00 bits per heavy atom. The lowest BCUT2D eigenvalue weighted by Crippen LogP contribution is -2.28. The van der Waals surface area contributed by atoms with Crippen LogP contribution in [-0.4, -0.2) is 16.1 Å². The first-order chi connectivity index (χ1) is 9.25. The summed E-state index contributed by atoms with van der Waals surface area (Å²) in [5.74, 6) is -0.328. The van der Waals surface area contributed by atoms with E-state index in [1.165, 1.54) is 25.0 Å². The Labute approximate surface area is 116 Å². The molecular weight excluding hydrogens is 265 g/mol.